The van der Waals surface area contributed by atoms with Gasteiger partial charge in [-0.15, -0.1) is 0 Å². The third-order valence-electron chi connectivity index (χ3n) is 6.20. The highest BCUT2D eigenvalue weighted by Gasteiger charge is 2.54. The first-order valence-corrected chi connectivity index (χ1v) is 11.6. The van der Waals surface area contributed by atoms with Crippen molar-refractivity contribution < 1.29 is 19.4 Å². The summed E-state index contributed by atoms with van der Waals surface area (Å²) in [7, 11) is 0. The molecule has 0 unspecified atom stereocenters. The van der Waals surface area contributed by atoms with Crippen LogP contribution in [0.4, 0.5) is 5.82 Å². The van der Waals surface area contributed by atoms with Crippen LogP contribution in [0.5, 0.6) is 0 Å². The first-order chi connectivity index (χ1) is 16.3. The number of ether oxygens (including phenoxy) is 2. The number of aliphatic hydroxyl groups excluding tert-OH is 1. The lowest BCUT2D eigenvalue weighted by molar-refractivity contribution is -0.158. The molecule has 178 valence electrons. The summed E-state index contributed by atoms with van der Waals surface area (Å²) in [5, 5.41) is 18.3. The zero-order chi connectivity index (χ0) is 23.9. The molecule has 9 nitrogen and oxygen atoms in total. The zero-order valence-electron chi connectivity index (χ0n) is 18.9. The number of nitrogens with one attached hydrogen (secondary N) is 1. The van der Waals surface area contributed by atoms with Crippen molar-refractivity contribution in [1.29, 1.82) is 0 Å². The van der Waals surface area contributed by atoms with Crippen LogP contribution in [-0.4, -0.2) is 61.3 Å². The molecule has 2 fully saturated rings. The fourth-order valence-corrected chi connectivity index (χ4v) is 4.94. The van der Waals surface area contributed by atoms with E-state index >= 15 is 0 Å². The highest BCUT2D eigenvalue weighted by molar-refractivity contribution is 6.30. The number of fused-ring (bicyclic) bond motifs is 1. The van der Waals surface area contributed by atoms with Gasteiger partial charge in [-0.05, 0) is 44.0 Å². The van der Waals surface area contributed by atoms with Gasteiger partial charge in [0.15, 0.2) is 5.79 Å². The van der Waals surface area contributed by atoms with Crippen molar-refractivity contribution in [2.24, 2.45) is 5.92 Å². The second kappa shape index (κ2) is 9.07. The van der Waals surface area contributed by atoms with Crippen molar-refractivity contribution in [3.63, 3.8) is 0 Å². The van der Waals surface area contributed by atoms with E-state index in [1.807, 2.05) is 38.1 Å². The number of halogens is 1. The molecule has 5 rings (SSSR count). The number of carbonyl (C=O) groups excluding carboxylic acids is 1. The Kier molecular flexibility index (Phi) is 6.11. The molecule has 1 aliphatic heterocycles. The minimum atomic E-state index is -0.733. The van der Waals surface area contributed by atoms with Gasteiger partial charge in [0, 0.05) is 29.9 Å². The van der Waals surface area contributed by atoms with Crippen LogP contribution in [0.1, 0.15) is 41.9 Å². The first kappa shape index (κ1) is 22.9. The third kappa shape index (κ3) is 4.56. The molecule has 1 aliphatic carbocycles. The molecule has 0 radical (unpaired) electrons. The standard InChI is InChI=1S/C24H26ClN5O4/c1-24(2)33-21-15(12-31)9-19(22(21)34-24)28-23-17(10-26-13-27-23)20(32)18-6-7-30(29-18)11-14-4-3-5-16(25)8-14/h3-8,10,13,15,19,21-22,31H,9,11-12H2,1-2H3,(H,26,27,28)/t15-,19-,21-,22+/m1/s1. The van der Waals surface area contributed by atoms with Gasteiger partial charge in [-0.25, -0.2) is 9.97 Å². The predicted octanol–water partition coefficient (Wildman–Crippen LogP) is 2.92. The topological polar surface area (TPSA) is 111 Å². The summed E-state index contributed by atoms with van der Waals surface area (Å²) in [6.45, 7) is 4.20. The Bertz CT molecular complexity index is 1200. The summed E-state index contributed by atoms with van der Waals surface area (Å²) in [5.41, 5.74) is 1.59. The molecule has 3 aromatic rings. The van der Waals surface area contributed by atoms with Crippen LogP contribution in [0.25, 0.3) is 0 Å². The van der Waals surface area contributed by atoms with Crippen LogP contribution in [0, 0.1) is 5.92 Å². The number of rotatable bonds is 7. The third-order valence-corrected chi connectivity index (χ3v) is 6.44. The highest BCUT2D eigenvalue weighted by Crippen LogP contribution is 2.42. The van der Waals surface area contributed by atoms with Crippen LogP contribution >= 0.6 is 11.6 Å². The number of aromatic nitrogens is 4. The number of nitrogens with zero attached hydrogens (tertiary/aromatic N) is 4. The minimum absolute atomic E-state index is 0.00158. The monoisotopic (exact) mass is 483 g/mol. The molecule has 1 aromatic carbocycles. The molecule has 1 saturated carbocycles. The fourth-order valence-electron chi connectivity index (χ4n) is 4.72. The lowest BCUT2D eigenvalue weighted by atomic mass is 10.1. The summed E-state index contributed by atoms with van der Waals surface area (Å²) in [6, 6.07) is 9.00. The second-order valence-electron chi connectivity index (χ2n) is 9.14. The number of hydrogen-bond donors (Lipinski definition) is 2. The van der Waals surface area contributed by atoms with Crippen LogP contribution in [0.3, 0.4) is 0 Å². The lowest BCUT2D eigenvalue weighted by Crippen LogP contribution is -2.35. The van der Waals surface area contributed by atoms with Gasteiger partial charge in [-0.1, -0.05) is 23.7 Å². The van der Waals surface area contributed by atoms with Crippen molar-refractivity contribution in [2.75, 3.05) is 11.9 Å². The number of anilines is 1. The molecule has 0 bridgehead atoms. The quantitative estimate of drug-likeness (QED) is 0.493. The first-order valence-electron chi connectivity index (χ1n) is 11.2. The van der Waals surface area contributed by atoms with Crippen molar-refractivity contribution in [2.45, 2.75) is 50.8 Å². The Hall–Kier alpha value is -2.85. The van der Waals surface area contributed by atoms with E-state index in [1.54, 1.807) is 16.9 Å². The van der Waals surface area contributed by atoms with E-state index in [9.17, 15) is 9.90 Å². The summed E-state index contributed by atoms with van der Waals surface area (Å²) in [5.74, 6) is -0.680. The summed E-state index contributed by atoms with van der Waals surface area (Å²) in [4.78, 5) is 21.7. The molecular formula is C24H26ClN5O4. The molecule has 0 amide bonds. The Morgan fingerprint density at radius 1 is 1.29 bits per heavy atom. The van der Waals surface area contributed by atoms with Crippen LogP contribution in [0.15, 0.2) is 49.1 Å². The van der Waals surface area contributed by atoms with Crippen LogP contribution in [-0.2, 0) is 16.0 Å². The molecule has 2 N–H and O–H groups in total. The van der Waals surface area contributed by atoms with Gasteiger partial charge < -0.3 is 19.9 Å². The maximum Gasteiger partial charge on any atom is 0.218 e. The number of ketones is 1. The molecule has 2 aromatic heterocycles. The van der Waals surface area contributed by atoms with Gasteiger partial charge in [0.1, 0.15) is 23.9 Å². The van der Waals surface area contributed by atoms with Crippen molar-refractivity contribution in [3.05, 3.63) is 70.9 Å². The number of carbonyl (C=O) groups is 1. The van der Waals surface area contributed by atoms with Gasteiger partial charge >= 0.3 is 0 Å². The van der Waals surface area contributed by atoms with Crippen molar-refractivity contribution in [3.8, 4) is 0 Å². The molecule has 34 heavy (non-hydrogen) atoms. The average molecular weight is 484 g/mol. The van der Waals surface area contributed by atoms with Crippen molar-refractivity contribution in [1.82, 2.24) is 19.7 Å². The lowest BCUT2D eigenvalue weighted by Gasteiger charge is -2.24. The predicted molar refractivity (Wildman–Crippen MR) is 125 cm³/mol. The maximum atomic E-state index is 13.3. The Morgan fingerprint density at radius 3 is 2.91 bits per heavy atom. The van der Waals surface area contributed by atoms with Gasteiger partial charge in [-0.2, -0.15) is 5.10 Å². The van der Waals surface area contributed by atoms with E-state index in [1.165, 1.54) is 12.5 Å². The minimum Gasteiger partial charge on any atom is -0.396 e. The van der Waals surface area contributed by atoms with Gasteiger partial charge in [-0.3, -0.25) is 9.48 Å². The number of hydrogen-bond acceptors (Lipinski definition) is 8. The largest absolute Gasteiger partial charge is 0.396 e. The second-order valence-corrected chi connectivity index (χ2v) is 9.57. The smallest absolute Gasteiger partial charge is 0.218 e. The van der Waals surface area contributed by atoms with E-state index in [-0.39, 0.29) is 36.6 Å². The molecule has 4 atom stereocenters. The highest BCUT2D eigenvalue weighted by atomic mass is 35.5. The zero-order valence-corrected chi connectivity index (χ0v) is 19.6. The molecule has 1 saturated heterocycles. The molecular weight excluding hydrogens is 458 g/mol. The van der Waals surface area contributed by atoms with E-state index in [4.69, 9.17) is 21.1 Å². The summed E-state index contributed by atoms with van der Waals surface area (Å²) < 4.78 is 13.8. The molecule has 0 spiro atoms. The van der Waals surface area contributed by atoms with Gasteiger partial charge in [0.25, 0.3) is 0 Å². The van der Waals surface area contributed by atoms with Crippen LogP contribution < -0.4 is 5.32 Å². The average Bonchev–Trinajstić information content (AvgIpc) is 3.47. The molecule has 3 heterocycles. The Labute approximate surface area is 202 Å². The van der Waals surface area contributed by atoms with E-state index in [2.05, 4.69) is 20.4 Å². The fraction of sp³-hybridized carbons (Fsp3) is 0.417. The van der Waals surface area contributed by atoms with E-state index in [0.29, 0.717) is 35.1 Å². The van der Waals surface area contributed by atoms with Gasteiger partial charge in [0.05, 0.1) is 24.3 Å². The summed E-state index contributed by atoms with van der Waals surface area (Å²) >= 11 is 6.07. The van der Waals surface area contributed by atoms with Gasteiger partial charge in [0.2, 0.25) is 5.78 Å². The summed E-state index contributed by atoms with van der Waals surface area (Å²) in [6.07, 6.45) is 4.78. The van der Waals surface area contributed by atoms with Crippen LogP contribution in [0.2, 0.25) is 5.02 Å². The Morgan fingerprint density at radius 2 is 2.12 bits per heavy atom. The normalized spacial score (nSPS) is 25.3. The SMILES string of the molecule is CC1(C)O[C@@H]2[C@@H](CO)C[C@@H](Nc3ncncc3C(=O)c3ccn(Cc4cccc(Cl)c4)n3)[C@@H]2O1. The van der Waals surface area contributed by atoms with E-state index < -0.39 is 5.79 Å². The van der Waals surface area contributed by atoms with E-state index in [0.717, 1.165) is 5.56 Å². The Balaban J connectivity index is 1.34. The molecule has 2 aliphatic rings. The number of aliphatic hydroxyl groups is 1. The maximum absolute atomic E-state index is 13.3. The molecule has 10 heteroatoms. The van der Waals surface area contributed by atoms with Crippen molar-refractivity contribution >= 4 is 23.2 Å². The number of benzene rings is 1.